The second-order valence-electron chi connectivity index (χ2n) is 2.60. The lowest BCUT2D eigenvalue weighted by atomic mass is 10.1. The van der Waals surface area contributed by atoms with E-state index in [-0.39, 0.29) is 18.2 Å². The molecule has 1 saturated heterocycles. The largest absolute Gasteiger partial charge is 0.352 e. The normalized spacial score (nSPS) is 22.4. The molecule has 0 saturated carbocycles. The summed E-state index contributed by atoms with van der Waals surface area (Å²) in [5.41, 5.74) is 0. The fourth-order valence-electron chi connectivity index (χ4n) is 1.28. The molecule has 1 rings (SSSR count). The molecular weight excluding hydrogens is 166 g/mol. The van der Waals surface area contributed by atoms with Crippen molar-refractivity contribution in [2.45, 2.75) is 18.6 Å². The number of halogens is 1. The maximum atomic E-state index is 5.24. The predicted octanol–water partition coefficient (Wildman–Crippen LogP) is 0.781. The van der Waals surface area contributed by atoms with Crippen molar-refractivity contribution in [3.05, 3.63) is 0 Å². The van der Waals surface area contributed by atoms with Crippen LogP contribution >= 0.6 is 12.4 Å². The van der Waals surface area contributed by atoms with E-state index in [2.05, 4.69) is 5.32 Å². The van der Waals surface area contributed by atoms with E-state index < -0.39 is 0 Å². The summed E-state index contributed by atoms with van der Waals surface area (Å²) in [4.78, 5) is 0. The van der Waals surface area contributed by atoms with Crippen LogP contribution in [0.1, 0.15) is 12.8 Å². The van der Waals surface area contributed by atoms with Crippen LogP contribution in [0, 0.1) is 0 Å². The molecule has 0 aliphatic carbocycles. The molecule has 0 bridgehead atoms. The molecule has 1 aliphatic heterocycles. The summed E-state index contributed by atoms with van der Waals surface area (Å²) >= 11 is 0. The Morgan fingerprint density at radius 3 is 2.18 bits per heavy atom. The fourth-order valence-corrected chi connectivity index (χ4v) is 1.28. The third-order valence-electron chi connectivity index (χ3n) is 2.05. The Morgan fingerprint density at radius 1 is 1.27 bits per heavy atom. The molecule has 0 radical (unpaired) electrons. The molecule has 1 heterocycles. The Morgan fingerprint density at radius 2 is 1.91 bits per heavy atom. The monoisotopic (exact) mass is 181 g/mol. The Hall–Kier alpha value is 0.170. The summed E-state index contributed by atoms with van der Waals surface area (Å²) in [6, 6.07) is 0. The maximum Gasteiger partial charge on any atom is 0.180 e. The number of rotatable bonds is 2. The number of hydrogen-bond donors (Lipinski definition) is 1. The molecular formula is C7H16ClNO2. The van der Waals surface area contributed by atoms with Crippen LogP contribution in [0.25, 0.3) is 0 Å². The summed E-state index contributed by atoms with van der Waals surface area (Å²) in [7, 11) is 3.38. The van der Waals surface area contributed by atoms with E-state index in [1.807, 2.05) is 0 Å². The zero-order valence-electron chi connectivity index (χ0n) is 7.05. The molecule has 4 heteroatoms. The first kappa shape index (κ1) is 11.2. The second kappa shape index (κ2) is 4.93. The van der Waals surface area contributed by atoms with E-state index in [9.17, 15) is 0 Å². The van der Waals surface area contributed by atoms with Gasteiger partial charge in [-0.2, -0.15) is 0 Å². The quantitative estimate of drug-likeness (QED) is 0.639. The minimum atomic E-state index is -0.349. The highest BCUT2D eigenvalue weighted by Gasteiger charge is 2.30. The number of ether oxygens (including phenoxy) is 2. The molecule has 0 aromatic rings. The van der Waals surface area contributed by atoms with E-state index in [1.165, 1.54) is 0 Å². The lowest BCUT2D eigenvalue weighted by molar-refractivity contribution is -0.213. The van der Waals surface area contributed by atoms with Crippen molar-refractivity contribution in [2.75, 3.05) is 27.3 Å². The SMILES string of the molecule is COC1(OC)CCCNC1.Cl. The number of nitrogens with one attached hydrogen (secondary N) is 1. The van der Waals surface area contributed by atoms with Crippen molar-refractivity contribution in [1.29, 1.82) is 0 Å². The summed E-state index contributed by atoms with van der Waals surface area (Å²) in [6.45, 7) is 1.88. The first-order valence-electron chi connectivity index (χ1n) is 3.64. The molecule has 1 fully saturated rings. The summed E-state index contributed by atoms with van der Waals surface area (Å²) in [5.74, 6) is -0.349. The van der Waals surface area contributed by atoms with Gasteiger partial charge in [0.1, 0.15) is 0 Å². The molecule has 0 aromatic carbocycles. The van der Waals surface area contributed by atoms with Gasteiger partial charge in [-0.25, -0.2) is 0 Å². The van der Waals surface area contributed by atoms with Gasteiger partial charge in [0.2, 0.25) is 0 Å². The van der Waals surface area contributed by atoms with Crippen molar-refractivity contribution < 1.29 is 9.47 Å². The topological polar surface area (TPSA) is 30.5 Å². The molecule has 0 amide bonds. The third kappa shape index (κ3) is 2.60. The Balaban J connectivity index is 0.000001000. The molecule has 0 atom stereocenters. The lowest BCUT2D eigenvalue weighted by Gasteiger charge is -2.34. The van der Waals surface area contributed by atoms with Crippen LogP contribution in [-0.2, 0) is 9.47 Å². The minimum Gasteiger partial charge on any atom is -0.352 e. The van der Waals surface area contributed by atoms with Crippen LogP contribution in [0.4, 0.5) is 0 Å². The first-order chi connectivity index (χ1) is 4.83. The third-order valence-corrected chi connectivity index (χ3v) is 2.05. The lowest BCUT2D eigenvalue weighted by Crippen LogP contribution is -2.48. The highest BCUT2D eigenvalue weighted by atomic mass is 35.5. The Labute approximate surface area is 73.9 Å². The van der Waals surface area contributed by atoms with Gasteiger partial charge < -0.3 is 14.8 Å². The zero-order valence-corrected chi connectivity index (χ0v) is 7.87. The summed E-state index contributed by atoms with van der Waals surface area (Å²) in [6.07, 6.45) is 2.12. The Bertz CT molecular complexity index is 98.6. The molecule has 1 aliphatic rings. The van der Waals surface area contributed by atoms with Crippen LogP contribution in [0.3, 0.4) is 0 Å². The Kier molecular flexibility index (Phi) is 5.01. The number of piperidine rings is 1. The van der Waals surface area contributed by atoms with Gasteiger partial charge >= 0.3 is 0 Å². The van der Waals surface area contributed by atoms with Gasteiger partial charge in [0.15, 0.2) is 5.79 Å². The van der Waals surface area contributed by atoms with Crippen molar-refractivity contribution in [1.82, 2.24) is 5.32 Å². The maximum absolute atomic E-state index is 5.24. The standard InChI is InChI=1S/C7H15NO2.ClH/c1-9-7(10-2)4-3-5-8-6-7;/h8H,3-6H2,1-2H3;1H. The van der Waals surface area contributed by atoms with Gasteiger partial charge in [-0.1, -0.05) is 0 Å². The second-order valence-corrected chi connectivity index (χ2v) is 2.60. The van der Waals surface area contributed by atoms with Crippen LogP contribution in [0.2, 0.25) is 0 Å². The van der Waals surface area contributed by atoms with E-state index in [0.717, 1.165) is 25.9 Å². The van der Waals surface area contributed by atoms with E-state index in [0.29, 0.717) is 0 Å². The molecule has 68 valence electrons. The van der Waals surface area contributed by atoms with Crippen LogP contribution in [0.15, 0.2) is 0 Å². The number of hydrogen-bond acceptors (Lipinski definition) is 3. The van der Waals surface area contributed by atoms with Gasteiger partial charge in [0, 0.05) is 27.2 Å². The smallest absolute Gasteiger partial charge is 0.180 e. The molecule has 0 aromatic heterocycles. The zero-order chi connectivity index (χ0) is 7.45. The average Bonchev–Trinajstić information content (AvgIpc) is 2.06. The van der Waals surface area contributed by atoms with E-state index in [4.69, 9.17) is 9.47 Å². The van der Waals surface area contributed by atoms with Crippen molar-refractivity contribution in [2.24, 2.45) is 0 Å². The molecule has 3 nitrogen and oxygen atoms in total. The fraction of sp³-hybridized carbons (Fsp3) is 1.00. The van der Waals surface area contributed by atoms with Gasteiger partial charge in [-0.05, 0) is 13.0 Å². The molecule has 1 N–H and O–H groups in total. The molecule has 11 heavy (non-hydrogen) atoms. The van der Waals surface area contributed by atoms with Gasteiger partial charge in [0.05, 0.1) is 0 Å². The predicted molar refractivity (Wildman–Crippen MR) is 46.1 cm³/mol. The van der Waals surface area contributed by atoms with Crippen molar-refractivity contribution in [3.63, 3.8) is 0 Å². The number of methoxy groups -OCH3 is 2. The average molecular weight is 182 g/mol. The highest BCUT2D eigenvalue weighted by molar-refractivity contribution is 5.85. The minimum absolute atomic E-state index is 0. The molecule has 0 spiro atoms. The van der Waals surface area contributed by atoms with Gasteiger partial charge in [0.25, 0.3) is 0 Å². The highest BCUT2D eigenvalue weighted by Crippen LogP contribution is 2.19. The van der Waals surface area contributed by atoms with Gasteiger partial charge in [-0.3, -0.25) is 0 Å². The van der Waals surface area contributed by atoms with E-state index >= 15 is 0 Å². The summed E-state index contributed by atoms with van der Waals surface area (Å²) in [5, 5.41) is 3.23. The first-order valence-corrected chi connectivity index (χ1v) is 3.64. The van der Waals surface area contributed by atoms with Crippen molar-refractivity contribution in [3.8, 4) is 0 Å². The molecule has 0 unspecified atom stereocenters. The van der Waals surface area contributed by atoms with Crippen LogP contribution < -0.4 is 5.32 Å². The summed E-state index contributed by atoms with van der Waals surface area (Å²) < 4.78 is 10.5. The van der Waals surface area contributed by atoms with Crippen molar-refractivity contribution >= 4 is 12.4 Å². The van der Waals surface area contributed by atoms with E-state index in [1.54, 1.807) is 14.2 Å². The van der Waals surface area contributed by atoms with Crippen LogP contribution in [-0.4, -0.2) is 33.1 Å². The van der Waals surface area contributed by atoms with Crippen LogP contribution in [0.5, 0.6) is 0 Å². The van der Waals surface area contributed by atoms with Gasteiger partial charge in [-0.15, -0.1) is 12.4 Å².